The van der Waals surface area contributed by atoms with E-state index in [2.05, 4.69) is 6.58 Å². The SMILES string of the molecule is C=C(C)c1cc2c(o1)C(=O)c1occ(C)c1C2=O. The Balaban J connectivity index is 2.28. The molecular weight excluding hydrogens is 232 g/mol. The van der Waals surface area contributed by atoms with Crippen LogP contribution >= 0.6 is 0 Å². The van der Waals surface area contributed by atoms with Gasteiger partial charge in [0, 0.05) is 0 Å². The Kier molecular flexibility index (Phi) is 1.99. The molecule has 90 valence electrons. The molecule has 0 aliphatic heterocycles. The summed E-state index contributed by atoms with van der Waals surface area (Å²) in [5.41, 5.74) is 1.95. The minimum atomic E-state index is -0.389. The van der Waals surface area contributed by atoms with Crippen molar-refractivity contribution in [1.82, 2.24) is 0 Å². The fraction of sp³-hybridized carbons (Fsp3) is 0.143. The van der Waals surface area contributed by atoms with E-state index in [0.717, 1.165) is 0 Å². The summed E-state index contributed by atoms with van der Waals surface area (Å²) >= 11 is 0. The molecule has 0 unspecified atom stereocenters. The lowest BCUT2D eigenvalue weighted by Gasteiger charge is -2.07. The Morgan fingerprint density at radius 2 is 1.94 bits per heavy atom. The largest absolute Gasteiger partial charge is 0.460 e. The van der Waals surface area contributed by atoms with Gasteiger partial charge in [-0.15, -0.1) is 0 Å². The normalized spacial score (nSPS) is 13.4. The van der Waals surface area contributed by atoms with Crippen LogP contribution in [0.5, 0.6) is 0 Å². The average molecular weight is 242 g/mol. The Morgan fingerprint density at radius 1 is 1.22 bits per heavy atom. The number of hydrogen-bond donors (Lipinski definition) is 0. The fourth-order valence-corrected chi connectivity index (χ4v) is 2.07. The number of allylic oxidation sites excluding steroid dienone is 1. The van der Waals surface area contributed by atoms with Gasteiger partial charge < -0.3 is 8.83 Å². The molecule has 1 aliphatic rings. The molecule has 0 spiro atoms. The highest BCUT2D eigenvalue weighted by Crippen LogP contribution is 2.33. The number of carbonyl (C=O) groups is 2. The smallest absolute Gasteiger partial charge is 0.264 e. The number of fused-ring (bicyclic) bond motifs is 2. The van der Waals surface area contributed by atoms with Crippen LogP contribution < -0.4 is 0 Å². The van der Waals surface area contributed by atoms with Gasteiger partial charge in [-0.1, -0.05) is 6.58 Å². The van der Waals surface area contributed by atoms with E-state index in [1.54, 1.807) is 19.9 Å². The number of hydrogen-bond acceptors (Lipinski definition) is 4. The molecule has 2 aromatic heterocycles. The minimum Gasteiger partial charge on any atom is -0.460 e. The Labute approximate surface area is 103 Å². The van der Waals surface area contributed by atoms with Crippen LogP contribution in [-0.4, -0.2) is 11.6 Å². The highest BCUT2D eigenvalue weighted by atomic mass is 16.4. The monoisotopic (exact) mass is 242 g/mol. The van der Waals surface area contributed by atoms with Crippen molar-refractivity contribution in [3.05, 3.63) is 52.9 Å². The van der Waals surface area contributed by atoms with Crippen molar-refractivity contribution in [3.8, 4) is 0 Å². The Hall–Kier alpha value is -2.36. The van der Waals surface area contributed by atoms with E-state index >= 15 is 0 Å². The summed E-state index contributed by atoms with van der Waals surface area (Å²) in [6.45, 7) is 7.22. The average Bonchev–Trinajstić information content (AvgIpc) is 2.90. The quantitative estimate of drug-likeness (QED) is 0.658. The van der Waals surface area contributed by atoms with Crippen molar-refractivity contribution in [2.75, 3.05) is 0 Å². The third kappa shape index (κ3) is 1.20. The molecule has 18 heavy (non-hydrogen) atoms. The maximum absolute atomic E-state index is 12.3. The van der Waals surface area contributed by atoms with E-state index in [9.17, 15) is 9.59 Å². The number of rotatable bonds is 1. The lowest BCUT2D eigenvalue weighted by atomic mass is 9.92. The van der Waals surface area contributed by atoms with Gasteiger partial charge in [-0.25, -0.2) is 0 Å². The van der Waals surface area contributed by atoms with Crippen LogP contribution in [0.3, 0.4) is 0 Å². The van der Waals surface area contributed by atoms with Crippen LogP contribution in [0.2, 0.25) is 0 Å². The van der Waals surface area contributed by atoms with E-state index in [1.807, 2.05) is 0 Å². The molecule has 2 aromatic rings. The van der Waals surface area contributed by atoms with Gasteiger partial charge in [-0.2, -0.15) is 0 Å². The molecule has 0 saturated heterocycles. The molecular formula is C14H10O4. The van der Waals surface area contributed by atoms with E-state index < -0.39 is 0 Å². The number of furan rings is 2. The van der Waals surface area contributed by atoms with E-state index in [-0.39, 0.29) is 28.7 Å². The summed E-state index contributed by atoms with van der Waals surface area (Å²) in [6.07, 6.45) is 1.41. The molecule has 0 aromatic carbocycles. The third-order valence-electron chi connectivity index (χ3n) is 3.01. The summed E-state index contributed by atoms with van der Waals surface area (Å²) in [5, 5.41) is 0. The molecule has 0 atom stereocenters. The topological polar surface area (TPSA) is 60.4 Å². The highest BCUT2D eigenvalue weighted by molar-refractivity contribution is 6.27. The zero-order valence-corrected chi connectivity index (χ0v) is 9.99. The summed E-state index contributed by atoms with van der Waals surface area (Å²) in [7, 11) is 0. The first-order valence-electron chi connectivity index (χ1n) is 5.48. The Bertz CT molecular complexity index is 712. The van der Waals surface area contributed by atoms with Gasteiger partial charge in [0.25, 0.3) is 5.78 Å². The zero-order valence-electron chi connectivity index (χ0n) is 9.99. The standard InChI is InChI=1S/C14H10O4/c1-6(2)9-4-8-11(15)10-7(3)5-17-14(10)12(16)13(8)18-9/h4-5H,1H2,2-3H3. The fourth-order valence-electron chi connectivity index (χ4n) is 2.07. The maximum Gasteiger partial charge on any atom is 0.264 e. The lowest BCUT2D eigenvalue weighted by Crippen LogP contribution is -2.17. The van der Waals surface area contributed by atoms with Crippen molar-refractivity contribution in [2.24, 2.45) is 0 Å². The molecule has 0 fully saturated rings. The second kappa shape index (κ2) is 3.32. The molecule has 0 saturated carbocycles. The van der Waals surface area contributed by atoms with Crippen molar-refractivity contribution >= 4 is 17.1 Å². The zero-order chi connectivity index (χ0) is 13.0. The predicted molar refractivity (Wildman–Crippen MR) is 63.7 cm³/mol. The third-order valence-corrected chi connectivity index (χ3v) is 3.01. The van der Waals surface area contributed by atoms with Gasteiger partial charge in [-0.05, 0) is 31.1 Å². The summed E-state index contributed by atoms with van der Waals surface area (Å²) in [5.74, 6) is -0.0701. The van der Waals surface area contributed by atoms with E-state index in [1.165, 1.54) is 6.26 Å². The molecule has 0 N–H and O–H groups in total. The summed E-state index contributed by atoms with van der Waals surface area (Å²) in [4.78, 5) is 24.4. The van der Waals surface area contributed by atoms with E-state index in [4.69, 9.17) is 8.83 Å². The second-order valence-electron chi connectivity index (χ2n) is 4.41. The summed E-state index contributed by atoms with van der Waals surface area (Å²) in [6, 6.07) is 1.56. The molecule has 0 radical (unpaired) electrons. The van der Waals surface area contributed by atoms with Gasteiger partial charge in [0.15, 0.2) is 11.5 Å². The van der Waals surface area contributed by atoms with Gasteiger partial charge in [-0.3, -0.25) is 9.59 Å². The van der Waals surface area contributed by atoms with Crippen molar-refractivity contribution < 1.29 is 18.4 Å². The van der Waals surface area contributed by atoms with Crippen molar-refractivity contribution in [2.45, 2.75) is 13.8 Å². The van der Waals surface area contributed by atoms with E-state index in [0.29, 0.717) is 22.5 Å². The van der Waals surface area contributed by atoms with Gasteiger partial charge >= 0.3 is 0 Å². The first-order chi connectivity index (χ1) is 8.50. The van der Waals surface area contributed by atoms with Gasteiger partial charge in [0.1, 0.15) is 5.76 Å². The second-order valence-corrected chi connectivity index (χ2v) is 4.41. The predicted octanol–water partition coefficient (Wildman–Crippen LogP) is 2.99. The number of aryl methyl sites for hydroxylation is 1. The first-order valence-corrected chi connectivity index (χ1v) is 5.48. The van der Waals surface area contributed by atoms with Gasteiger partial charge in [0.2, 0.25) is 5.78 Å². The van der Waals surface area contributed by atoms with Crippen LogP contribution in [0, 0.1) is 6.92 Å². The molecule has 1 aliphatic carbocycles. The van der Waals surface area contributed by atoms with Crippen molar-refractivity contribution in [1.29, 1.82) is 0 Å². The Morgan fingerprint density at radius 3 is 2.61 bits per heavy atom. The molecule has 3 rings (SSSR count). The number of carbonyl (C=O) groups excluding carboxylic acids is 2. The van der Waals surface area contributed by atoms with Gasteiger partial charge in [0.05, 0.1) is 17.4 Å². The maximum atomic E-state index is 12.3. The first kappa shape index (κ1) is 10.8. The molecule has 0 amide bonds. The van der Waals surface area contributed by atoms with Crippen LogP contribution in [0.15, 0.2) is 27.7 Å². The van der Waals surface area contributed by atoms with Crippen molar-refractivity contribution in [3.63, 3.8) is 0 Å². The highest BCUT2D eigenvalue weighted by Gasteiger charge is 2.37. The van der Waals surface area contributed by atoms with Crippen LogP contribution in [0.1, 0.15) is 50.5 Å². The lowest BCUT2D eigenvalue weighted by molar-refractivity contribution is 0.0938. The molecule has 4 nitrogen and oxygen atoms in total. The summed E-state index contributed by atoms with van der Waals surface area (Å²) < 4.78 is 10.5. The van der Waals surface area contributed by atoms with Crippen LogP contribution in [0.4, 0.5) is 0 Å². The molecule has 4 heteroatoms. The number of ketones is 2. The van der Waals surface area contributed by atoms with Crippen LogP contribution in [-0.2, 0) is 0 Å². The minimum absolute atomic E-state index is 0.0415. The van der Waals surface area contributed by atoms with Crippen LogP contribution in [0.25, 0.3) is 5.57 Å². The molecule has 0 bridgehead atoms. The molecule has 2 heterocycles.